The van der Waals surface area contributed by atoms with Gasteiger partial charge >= 0.3 is 0 Å². The Morgan fingerprint density at radius 2 is 2.04 bits per heavy atom. The SMILES string of the molecule is CC(=O)c1cc(CN2C[C@@H]3COC[C@]3(C(=O)N3CCOCC3)C2)n(C)c1. The van der Waals surface area contributed by atoms with E-state index < -0.39 is 5.41 Å². The number of carbonyl (C=O) groups excluding carboxylic acids is 2. The molecule has 0 unspecified atom stereocenters. The van der Waals surface area contributed by atoms with Crippen molar-refractivity contribution in [2.24, 2.45) is 18.4 Å². The fourth-order valence-corrected chi connectivity index (χ4v) is 4.53. The average molecular weight is 361 g/mol. The number of rotatable bonds is 4. The van der Waals surface area contributed by atoms with Crippen LogP contribution in [-0.2, 0) is 27.9 Å². The zero-order chi connectivity index (χ0) is 18.3. The Kier molecular flexibility index (Phi) is 4.62. The van der Waals surface area contributed by atoms with Crippen LogP contribution >= 0.6 is 0 Å². The maximum absolute atomic E-state index is 13.3. The summed E-state index contributed by atoms with van der Waals surface area (Å²) in [6, 6.07) is 1.96. The van der Waals surface area contributed by atoms with Gasteiger partial charge in [-0.1, -0.05) is 0 Å². The number of aryl methyl sites for hydroxylation is 1. The fourth-order valence-electron chi connectivity index (χ4n) is 4.53. The standard InChI is InChI=1S/C19H27N3O4/c1-14(23)15-7-17(20(2)8-15)10-21-9-16-11-26-13-19(16,12-21)18(24)22-3-5-25-6-4-22/h7-8,16H,3-6,9-13H2,1-2H3/t16-,19-/m1/s1. The number of aromatic nitrogens is 1. The summed E-state index contributed by atoms with van der Waals surface area (Å²) in [5.41, 5.74) is 1.42. The monoisotopic (exact) mass is 361 g/mol. The number of nitrogens with zero attached hydrogens (tertiary/aromatic N) is 3. The largest absolute Gasteiger partial charge is 0.380 e. The molecule has 0 bridgehead atoms. The van der Waals surface area contributed by atoms with E-state index in [1.807, 2.05) is 28.8 Å². The molecule has 0 aliphatic carbocycles. The predicted octanol–water partition coefficient (Wildman–Crippen LogP) is 0.535. The van der Waals surface area contributed by atoms with E-state index in [1.165, 1.54) is 0 Å². The lowest BCUT2D eigenvalue weighted by Crippen LogP contribution is -2.52. The molecule has 3 saturated heterocycles. The number of ketones is 1. The molecule has 1 amide bonds. The molecule has 0 aromatic carbocycles. The number of fused-ring (bicyclic) bond motifs is 1. The quantitative estimate of drug-likeness (QED) is 0.733. The summed E-state index contributed by atoms with van der Waals surface area (Å²) in [7, 11) is 1.97. The third-order valence-electron chi connectivity index (χ3n) is 6.07. The number of amides is 1. The van der Waals surface area contributed by atoms with Gasteiger partial charge in [0.25, 0.3) is 0 Å². The van der Waals surface area contributed by atoms with E-state index in [0.717, 1.165) is 24.3 Å². The number of hydrogen-bond acceptors (Lipinski definition) is 5. The molecule has 0 N–H and O–H groups in total. The molecule has 142 valence electrons. The molecule has 1 aromatic rings. The van der Waals surface area contributed by atoms with Gasteiger partial charge in [0.2, 0.25) is 5.91 Å². The van der Waals surface area contributed by atoms with Gasteiger partial charge in [0, 0.05) is 63.1 Å². The van der Waals surface area contributed by atoms with Crippen molar-refractivity contribution in [3.05, 3.63) is 23.5 Å². The van der Waals surface area contributed by atoms with Crippen molar-refractivity contribution < 1.29 is 19.1 Å². The summed E-state index contributed by atoms with van der Waals surface area (Å²) in [6.07, 6.45) is 1.88. The van der Waals surface area contributed by atoms with Crippen LogP contribution in [0.4, 0.5) is 0 Å². The first-order valence-corrected chi connectivity index (χ1v) is 9.33. The zero-order valence-electron chi connectivity index (χ0n) is 15.6. The van der Waals surface area contributed by atoms with E-state index in [0.29, 0.717) is 46.1 Å². The zero-order valence-corrected chi connectivity index (χ0v) is 15.6. The molecule has 2 atom stereocenters. The molecule has 4 heterocycles. The summed E-state index contributed by atoms with van der Waals surface area (Å²) in [4.78, 5) is 29.2. The van der Waals surface area contributed by atoms with Crippen LogP contribution in [0.3, 0.4) is 0 Å². The van der Waals surface area contributed by atoms with Gasteiger partial charge in [-0.15, -0.1) is 0 Å². The van der Waals surface area contributed by atoms with Gasteiger partial charge in [0.05, 0.1) is 31.8 Å². The molecule has 3 fully saturated rings. The molecule has 7 heteroatoms. The van der Waals surface area contributed by atoms with Crippen LogP contribution in [0.15, 0.2) is 12.3 Å². The predicted molar refractivity (Wildman–Crippen MR) is 94.8 cm³/mol. The van der Waals surface area contributed by atoms with E-state index >= 15 is 0 Å². The van der Waals surface area contributed by atoms with Crippen LogP contribution in [0.5, 0.6) is 0 Å². The van der Waals surface area contributed by atoms with Gasteiger partial charge in [0.15, 0.2) is 5.78 Å². The molecular formula is C19H27N3O4. The Balaban J connectivity index is 1.50. The van der Waals surface area contributed by atoms with Gasteiger partial charge in [0.1, 0.15) is 0 Å². The lowest BCUT2D eigenvalue weighted by atomic mass is 9.79. The van der Waals surface area contributed by atoms with Crippen LogP contribution < -0.4 is 0 Å². The summed E-state index contributed by atoms with van der Waals surface area (Å²) in [5, 5.41) is 0. The maximum atomic E-state index is 13.3. The summed E-state index contributed by atoms with van der Waals surface area (Å²) in [6.45, 7) is 7.66. The van der Waals surface area contributed by atoms with E-state index in [2.05, 4.69) is 4.90 Å². The van der Waals surface area contributed by atoms with Crippen LogP contribution in [0.1, 0.15) is 23.0 Å². The minimum absolute atomic E-state index is 0.0810. The molecule has 4 rings (SSSR count). The lowest BCUT2D eigenvalue weighted by Gasteiger charge is -2.35. The molecular weight excluding hydrogens is 334 g/mol. The number of hydrogen-bond donors (Lipinski definition) is 0. The second-order valence-corrected chi connectivity index (χ2v) is 7.83. The molecule has 1 aromatic heterocycles. The number of ether oxygens (including phenoxy) is 2. The summed E-state index contributed by atoms with van der Waals surface area (Å²) >= 11 is 0. The molecule has 3 aliphatic heterocycles. The number of carbonyl (C=O) groups is 2. The lowest BCUT2D eigenvalue weighted by molar-refractivity contribution is -0.147. The third-order valence-corrected chi connectivity index (χ3v) is 6.07. The molecule has 0 radical (unpaired) electrons. The van der Waals surface area contributed by atoms with Gasteiger partial charge < -0.3 is 18.9 Å². The van der Waals surface area contributed by atoms with E-state index in [4.69, 9.17) is 9.47 Å². The summed E-state index contributed by atoms with van der Waals surface area (Å²) in [5.74, 6) is 0.546. The topological polar surface area (TPSA) is 64.0 Å². The molecule has 26 heavy (non-hydrogen) atoms. The van der Waals surface area contributed by atoms with Crippen molar-refractivity contribution >= 4 is 11.7 Å². The van der Waals surface area contributed by atoms with Crippen LogP contribution in [0.2, 0.25) is 0 Å². The smallest absolute Gasteiger partial charge is 0.233 e. The first-order valence-electron chi connectivity index (χ1n) is 9.33. The van der Waals surface area contributed by atoms with Crippen molar-refractivity contribution in [2.75, 3.05) is 52.6 Å². The third kappa shape index (κ3) is 2.98. The minimum atomic E-state index is -0.425. The number of Topliss-reactive ketones (excluding diaryl/α,β-unsaturated/α-hetero) is 1. The molecule has 0 saturated carbocycles. The highest BCUT2D eigenvalue weighted by atomic mass is 16.5. The highest BCUT2D eigenvalue weighted by Crippen LogP contribution is 2.43. The molecule has 7 nitrogen and oxygen atoms in total. The van der Waals surface area contributed by atoms with Gasteiger partial charge in [-0.2, -0.15) is 0 Å². The summed E-state index contributed by atoms with van der Waals surface area (Å²) < 4.78 is 13.1. The highest BCUT2D eigenvalue weighted by Gasteiger charge is 2.56. The maximum Gasteiger partial charge on any atom is 0.233 e. The molecule has 3 aliphatic rings. The number of morpholine rings is 1. The fraction of sp³-hybridized carbons (Fsp3) is 0.684. The van der Waals surface area contributed by atoms with Crippen LogP contribution in [0, 0.1) is 11.3 Å². The van der Waals surface area contributed by atoms with Crippen LogP contribution in [0.25, 0.3) is 0 Å². The molecule has 0 spiro atoms. The van der Waals surface area contributed by atoms with E-state index in [1.54, 1.807) is 6.92 Å². The second-order valence-electron chi connectivity index (χ2n) is 7.83. The Morgan fingerprint density at radius 1 is 1.27 bits per heavy atom. The average Bonchev–Trinajstić information content (AvgIpc) is 3.28. The highest BCUT2D eigenvalue weighted by molar-refractivity contribution is 5.94. The van der Waals surface area contributed by atoms with Crippen molar-refractivity contribution in [3.8, 4) is 0 Å². The van der Waals surface area contributed by atoms with E-state index in [-0.39, 0.29) is 17.6 Å². The van der Waals surface area contributed by atoms with Gasteiger partial charge in [-0.3, -0.25) is 14.5 Å². The van der Waals surface area contributed by atoms with Crippen LogP contribution in [-0.4, -0.2) is 78.7 Å². The van der Waals surface area contributed by atoms with Crippen molar-refractivity contribution in [1.82, 2.24) is 14.4 Å². The Hall–Kier alpha value is -1.70. The second kappa shape index (κ2) is 6.79. The van der Waals surface area contributed by atoms with Crippen molar-refractivity contribution in [2.45, 2.75) is 13.5 Å². The van der Waals surface area contributed by atoms with Gasteiger partial charge in [-0.05, 0) is 13.0 Å². The first kappa shape index (κ1) is 17.7. The normalized spacial score (nSPS) is 29.2. The van der Waals surface area contributed by atoms with Gasteiger partial charge in [-0.25, -0.2) is 0 Å². The number of likely N-dealkylation sites (tertiary alicyclic amines) is 1. The first-order chi connectivity index (χ1) is 12.5. The van der Waals surface area contributed by atoms with E-state index in [9.17, 15) is 9.59 Å². The van der Waals surface area contributed by atoms with Crippen molar-refractivity contribution in [1.29, 1.82) is 0 Å². The van der Waals surface area contributed by atoms with Crippen molar-refractivity contribution in [3.63, 3.8) is 0 Å². The Labute approximate surface area is 153 Å². The Bertz CT molecular complexity index is 710. The minimum Gasteiger partial charge on any atom is -0.380 e. The Morgan fingerprint density at radius 3 is 2.73 bits per heavy atom.